The van der Waals surface area contributed by atoms with Crippen LogP contribution in [0.2, 0.25) is 0 Å². The molecule has 0 amide bonds. The largest absolute Gasteiger partial charge is 0.160 e. The van der Waals surface area contributed by atoms with E-state index in [-0.39, 0.29) is 4.58 Å². The van der Waals surface area contributed by atoms with Gasteiger partial charge < -0.3 is 0 Å². The number of thiol groups is 2. The zero-order valence-corrected chi connectivity index (χ0v) is 15.1. The van der Waals surface area contributed by atoms with Crippen molar-refractivity contribution in [2.24, 2.45) is 0 Å². The van der Waals surface area contributed by atoms with Crippen molar-refractivity contribution in [2.75, 3.05) is 0 Å². The van der Waals surface area contributed by atoms with Gasteiger partial charge in [0.05, 0.1) is 4.58 Å². The lowest BCUT2D eigenvalue weighted by Crippen LogP contribution is -1.93. The maximum atomic E-state index is 4.32. The number of benzene rings is 1. The molecule has 1 aromatic carbocycles. The molecule has 0 atom stereocenters. The standard InChI is InChI=1S/C8H6Br4S2/c1-2-4(9)6(11)3(8(13)14)7(12)5(2)10/h8,13-14H,1H3. The summed E-state index contributed by atoms with van der Waals surface area (Å²) in [5.74, 6) is 0. The minimum absolute atomic E-state index is 0.132. The fourth-order valence-corrected chi connectivity index (χ4v) is 5.01. The fourth-order valence-electron chi connectivity index (χ4n) is 0.985. The van der Waals surface area contributed by atoms with Crippen LogP contribution < -0.4 is 0 Å². The number of rotatable bonds is 1. The molecule has 0 bridgehead atoms. The van der Waals surface area contributed by atoms with E-state index in [0.29, 0.717) is 0 Å². The van der Waals surface area contributed by atoms with Crippen LogP contribution in [0, 0.1) is 6.92 Å². The van der Waals surface area contributed by atoms with Crippen LogP contribution in [0.25, 0.3) is 0 Å². The first-order chi connectivity index (χ1) is 6.37. The van der Waals surface area contributed by atoms with Gasteiger partial charge in [0.15, 0.2) is 0 Å². The average molecular weight is 486 g/mol. The van der Waals surface area contributed by atoms with Gasteiger partial charge in [0.25, 0.3) is 0 Å². The summed E-state index contributed by atoms with van der Waals surface area (Å²) in [6, 6.07) is 0. The van der Waals surface area contributed by atoms with Crippen LogP contribution in [-0.2, 0) is 0 Å². The average Bonchev–Trinajstić information content (AvgIpc) is 2.11. The highest BCUT2D eigenvalue weighted by atomic mass is 79.9. The van der Waals surface area contributed by atoms with E-state index >= 15 is 0 Å². The SMILES string of the molecule is Cc1c(Br)c(Br)c(C(S)S)c(Br)c1Br. The highest BCUT2D eigenvalue weighted by Crippen LogP contribution is 2.46. The summed E-state index contributed by atoms with van der Waals surface area (Å²) in [6.07, 6.45) is 0. The molecule has 0 N–H and O–H groups in total. The van der Waals surface area contributed by atoms with Crippen LogP contribution in [0.4, 0.5) is 0 Å². The summed E-state index contributed by atoms with van der Waals surface area (Å²) in [5, 5.41) is 0. The summed E-state index contributed by atoms with van der Waals surface area (Å²) < 4.78 is 3.89. The fraction of sp³-hybridized carbons (Fsp3) is 0.250. The second kappa shape index (κ2) is 5.45. The number of hydrogen-bond acceptors (Lipinski definition) is 2. The van der Waals surface area contributed by atoms with Gasteiger partial charge in [-0.2, -0.15) is 25.3 Å². The van der Waals surface area contributed by atoms with Gasteiger partial charge in [-0.15, -0.1) is 0 Å². The Labute approximate surface area is 128 Å². The van der Waals surface area contributed by atoms with E-state index in [1.807, 2.05) is 6.92 Å². The van der Waals surface area contributed by atoms with Crippen LogP contribution in [0.3, 0.4) is 0 Å². The Hall–Kier alpha value is 1.84. The Balaban J connectivity index is 3.60. The molecule has 0 saturated carbocycles. The van der Waals surface area contributed by atoms with Crippen molar-refractivity contribution < 1.29 is 0 Å². The van der Waals surface area contributed by atoms with E-state index in [4.69, 9.17) is 0 Å². The van der Waals surface area contributed by atoms with Gasteiger partial charge in [-0.3, -0.25) is 0 Å². The van der Waals surface area contributed by atoms with Crippen LogP contribution in [0.15, 0.2) is 17.9 Å². The lowest BCUT2D eigenvalue weighted by Gasteiger charge is -2.15. The third kappa shape index (κ3) is 2.56. The molecule has 0 unspecified atom stereocenters. The molecule has 6 heteroatoms. The third-order valence-corrected chi connectivity index (χ3v) is 6.99. The van der Waals surface area contributed by atoms with E-state index in [9.17, 15) is 0 Å². The molecule has 1 rings (SSSR count). The molecule has 0 fully saturated rings. The molecule has 14 heavy (non-hydrogen) atoms. The molecule has 0 saturated heterocycles. The first-order valence-electron chi connectivity index (χ1n) is 3.56. The molecule has 0 aliphatic rings. The van der Waals surface area contributed by atoms with E-state index in [2.05, 4.69) is 89.0 Å². The van der Waals surface area contributed by atoms with Crippen molar-refractivity contribution in [2.45, 2.75) is 11.5 Å². The van der Waals surface area contributed by atoms with Crippen LogP contribution in [0.5, 0.6) is 0 Å². The molecular weight excluding hydrogens is 480 g/mol. The predicted octanol–water partition coefficient (Wildman–Crippen LogP) is 5.90. The molecular formula is C8H6Br4S2. The van der Waals surface area contributed by atoms with Crippen molar-refractivity contribution in [1.29, 1.82) is 0 Å². The van der Waals surface area contributed by atoms with E-state index < -0.39 is 0 Å². The van der Waals surface area contributed by atoms with Gasteiger partial charge in [0, 0.05) is 23.5 Å². The molecule has 0 aliphatic heterocycles. The monoisotopic (exact) mass is 482 g/mol. The number of halogens is 4. The normalized spacial score (nSPS) is 11.1. The zero-order chi connectivity index (χ0) is 11.0. The Morgan fingerprint density at radius 2 is 1.21 bits per heavy atom. The van der Waals surface area contributed by atoms with E-state index in [0.717, 1.165) is 29.0 Å². The van der Waals surface area contributed by atoms with Crippen molar-refractivity contribution in [3.63, 3.8) is 0 Å². The van der Waals surface area contributed by atoms with Gasteiger partial charge in [-0.25, -0.2) is 0 Å². The smallest absolute Gasteiger partial charge is 0.0714 e. The highest BCUT2D eigenvalue weighted by Gasteiger charge is 2.19. The summed E-state index contributed by atoms with van der Waals surface area (Å²) >= 11 is 22.7. The molecule has 1 aromatic rings. The first-order valence-corrected chi connectivity index (χ1v) is 7.77. The summed E-state index contributed by atoms with van der Waals surface area (Å²) in [5.41, 5.74) is 2.15. The zero-order valence-electron chi connectivity index (χ0n) is 6.98. The lowest BCUT2D eigenvalue weighted by atomic mass is 10.2. The summed E-state index contributed by atoms with van der Waals surface area (Å²) in [7, 11) is 0. The van der Waals surface area contributed by atoms with Crippen LogP contribution in [0.1, 0.15) is 15.7 Å². The summed E-state index contributed by atoms with van der Waals surface area (Å²) in [4.78, 5) is 0. The van der Waals surface area contributed by atoms with Gasteiger partial charge in [-0.05, 0) is 76.2 Å². The van der Waals surface area contributed by atoms with Crippen molar-refractivity contribution in [3.05, 3.63) is 29.0 Å². The molecule has 0 heterocycles. The Morgan fingerprint density at radius 3 is 1.50 bits per heavy atom. The molecule has 78 valence electrons. The Morgan fingerprint density at radius 1 is 0.857 bits per heavy atom. The second-order valence-corrected chi connectivity index (χ2v) is 7.28. The first kappa shape index (κ1) is 13.9. The predicted molar refractivity (Wildman–Crippen MR) is 82.7 cm³/mol. The quantitative estimate of drug-likeness (QED) is 0.276. The van der Waals surface area contributed by atoms with Crippen LogP contribution >= 0.6 is 89.0 Å². The second-order valence-electron chi connectivity index (χ2n) is 2.67. The Bertz CT molecular complexity index is 347. The van der Waals surface area contributed by atoms with Gasteiger partial charge >= 0.3 is 0 Å². The highest BCUT2D eigenvalue weighted by molar-refractivity contribution is 9.14. The maximum Gasteiger partial charge on any atom is 0.0714 e. The van der Waals surface area contributed by atoms with Crippen LogP contribution in [-0.4, -0.2) is 0 Å². The van der Waals surface area contributed by atoms with Crippen molar-refractivity contribution in [3.8, 4) is 0 Å². The number of hydrogen-bond donors (Lipinski definition) is 2. The van der Waals surface area contributed by atoms with E-state index in [1.165, 1.54) is 0 Å². The van der Waals surface area contributed by atoms with Gasteiger partial charge in [0.2, 0.25) is 0 Å². The minimum Gasteiger partial charge on any atom is -0.160 e. The topological polar surface area (TPSA) is 0 Å². The van der Waals surface area contributed by atoms with Crippen molar-refractivity contribution >= 4 is 89.0 Å². The molecule has 0 spiro atoms. The lowest BCUT2D eigenvalue weighted by molar-refractivity contribution is 1.25. The Kier molecular flexibility index (Phi) is 5.41. The molecule has 0 radical (unpaired) electrons. The summed E-state index contributed by atoms with van der Waals surface area (Å²) in [6.45, 7) is 2.03. The van der Waals surface area contributed by atoms with Gasteiger partial charge in [0.1, 0.15) is 0 Å². The van der Waals surface area contributed by atoms with Crippen molar-refractivity contribution in [1.82, 2.24) is 0 Å². The van der Waals surface area contributed by atoms with E-state index in [1.54, 1.807) is 0 Å². The third-order valence-electron chi connectivity index (χ3n) is 1.78. The molecule has 0 aliphatic carbocycles. The minimum atomic E-state index is -0.132. The molecule has 0 nitrogen and oxygen atoms in total. The molecule has 0 aromatic heterocycles. The maximum absolute atomic E-state index is 4.32. The van der Waals surface area contributed by atoms with Gasteiger partial charge in [-0.1, -0.05) is 0 Å².